The highest BCUT2D eigenvalue weighted by molar-refractivity contribution is 5.55. The van der Waals surface area contributed by atoms with Crippen LogP contribution in [0.25, 0.3) is 5.52 Å². The minimum absolute atomic E-state index is 0.405. The molecular formula is C12H10FN5. The van der Waals surface area contributed by atoms with E-state index in [2.05, 4.69) is 15.1 Å². The van der Waals surface area contributed by atoms with Gasteiger partial charge in [0.25, 0.3) is 0 Å². The Morgan fingerprint density at radius 2 is 2.06 bits per heavy atom. The predicted molar refractivity (Wildman–Crippen MR) is 63.2 cm³/mol. The maximum Gasteiger partial charge on any atom is 0.141 e. The van der Waals surface area contributed by atoms with E-state index >= 15 is 0 Å². The second-order valence-electron chi connectivity index (χ2n) is 3.92. The zero-order valence-electron chi connectivity index (χ0n) is 9.36. The molecule has 1 unspecified atom stereocenters. The summed E-state index contributed by atoms with van der Waals surface area (Å²) in [6.45, 7) is 0. The van der Waals surface area contributed by atoms with Crippen LogP contribution in [-0.2, 0) is 0 Å². The highest BCUT2D eigenvalue weighted by atomic mass is 19.1. The fraction of sp³-hybridized carbons (Fsp3) is 0.0833. The molecule has 0 aliphatic carbocycles. The summed E-state index contributed by atoms with van der Waals surface area (Å²) in [6, 6.07) is 0.896. The topological polar surface area (TPSA) is 69.1 Å². The molecule has 3 rings (SSSR count). The molecule has 0 radical (unpaired) electrons. The van der Waals surface area contributed by atoms with Crippen molar-refractivity contribution in [2.24, 2.45) is 5.73 Å². The lowest BCUT2D eigenvalue weighted by molar-refractivity contribution is 0.616. The van der Waals surface area contributed by atoms with Gasteiger partial charge in [-0.1, -0.05) is 0 Å². The summed E-state index contributed by atoms with van der Waals surface area (Å²) in [7, 11) is 0. The molecule has 0 bridgehead atoms. The quantitative estimate of drug-likeness (QED) is 0.736. The van der Waals surface area contributed by atoms with Crippen LogP contribution in [0.1, 0.15) is 17.2 Å². The summed E-state index contributed by atoms with van der Waals surface area (Å²) in [5.74, 6) is -0.405. The summed E-state index contributed by atoms with van der Waals surface area (Å²) < 4.78 is 14.8. The van der Waals surface area contributed by atoms with E-state index in [4.69, 9.17) is 5.73 Å². The van der Waals surface area contributed by atoms with Crippen molar-refractivity contribution in [2.75, 3.05) is 0 Å². The number of aromatic nitrogens is 4. The van der Waals surface area contributed by atoms with Crippen molar-refractivity contribution in [1.82, 2.24) is 19.6 Å². The Bertz CT molecular complexity index is 694. The van der Waals surface area contributed by atoms with E-state index in [-0.39, 0.29) is 0 Å². The number of hydrogen-bond donors (Lipinski definition) is 1. The van der Waals surface area contributed by atoms with E-state index in [1.165, 1.54) is 6.07 Å². The molecule has 5 nitrogen and oxygen atoms in total. The molecule has 3 aromatic heterocycles. The number of pyridine rings is 1. The lowest BCUT2D eigenvalue weighted by Gasteiger charge is -2.10. The lowest BCUT2D eigenvalue weighted by atomic mass is 10.0. The highest BCUT2D eigenvalue weighted by Crippen LogP contribution is 2.22. The Hall–Kier alpha value is -2.34. The number of fused-ring (bicyclic) bond motifs is 1. The molecule has 0 aromatic carbocycles. The van der Waals surface area contributed by atoms with Gasteiger partial charge in [-0.25, -0.2) is 8.91 Å². The van der Waals surface area contributed by atoms with E-state index in [1.807, 2.05) is 0 Å². The SMILES string of the molecule is NC(c1cncc(F)c1)c1cnn2ccncc12. The largest absolute Gasteiger partial charge is 0.320 e. The fourth-order valence-corrected chi connectivity index (χ4v) is 1.87. The van der Waals surface area contributed by atoms with Crippen LogP contribution in [0.5, 0.6) is 0 Å². The van der Waals surface area contributed by atoms with Gasteiger partial charge in [0.15, 0.2) is 0 Å². The van der Waals surface area contributed by atoms with Crippen molar-refractivity contribution in [1.29, 1.82) is 0 Å². The van der Waals surface area contributed by atoms with Crippen LogP contribution in [0, 0.1) is 5.82 Å². The van der Waals surface area contributed by atoms with Gasteiger partial charge in [0.2, 0.25) is 0 Å². The zero-order chi connectivity index (χ0) is 12.5. The fourth-order valence-electron chi connectivity index (χ4n) is 1.87. The molecule has 0 saturated heterocycles. The van der Waals surface area contributed by atoms with Crippen molar-refractivity contribution in [3.05, 3.63) is 60.2 Å². The predicted octanol–water partition coefficient (Wildman–Crippen LogP) is 1.31. The first-order valence-corrected chi connectivity index (χ1v) is 5.39. The second kappa shape index (κ2) is 4.15. The van der Waals surface area contributed by atoms with E-state index in [0.717, 1.165) is 17.3 Å². The third kappa shape index (κ3) is 1.72. The molecule has 3 aromatic rings. The van der Waals surface area contributed by atoms with Crippen molar-refractivity contribution in [3.8, 4) is 0 Å². The summed E-state index contributed by atoms with van der Waals surface area (Å²) in [5.41, 5.74) is 8.30. The normalized spacial score (nSPS) is 12.8. The molecule has 3 heterocycles. The van der Waals surface area contributed by atoms with Crippen molar-refractivity contribution in [3.63, 3.8) is 0 Å². The summed E-state index contributed by atoms with van der Waals surface area (Å²) in [5, 5.41) is 4.17. The van der Waals surface area contributed by atoms with Gasteiger partial charge in [0.05, 0.1) is 30.1 Å². The molecule has 0 amide bonds. The van der Waals surface area contributed by atoms with Crippen LogP contribution < -0.4 is 5.73 Å². The Labute approximate surface area is 102 Å². The summed E-state index contributed by atoms with van der Waals surface area (Å²) >= 11 is 0. The number of rotatable bonds is 2. The van der Waals surface area contributed by atoms with Crippen LogP contribution in [0.3, 0.4) is 0 Å². The Morgan fingerprint density at radius 3 is 2.89 bits per heavy atom. The Morgan fingerprint density at radius 1 is 1.17 bits per heavy atom. The van der Waals surface area contributed by atoms with Crippen LogP contribution in [-0.4, -0.2) is 19.6 Å². The van der Waals surface area contributed by atoms with Gasteiger partial charge < -0.3 is 5.73 Å². The zero-order valence-corrected chi connectivity index (χ0v) is 9.36. The minimum atomic E-state index is -0.477. The maximum atomic E-state index is 13.1. The number of hydrogen-bond acceptors (Lipinski definition) is 4. The Balaban J connectivity index is 2.09. The van der Waals surface area contributed by atoms with Gasteiger partial charge in [0, 0.05) is 24.2 Å². The van der Waals surface area contributed by atoms with Crippen molar-refractivity contribution < 1.29 is 4.39 Å². The molecule has 0 fully saturated rings. The van der Waals surface area contributed by atoms with Crippen LogP contribution in [0.2, 0.25) is 0 Å². The van der Waals surface area contributed by atoms with Crippen LogP contribution in [0.15, 0.2) is 43.2 Å². The number of nitrogens with two attached hydrogens (primary N) is 1. The molecule has 0 saturated carbocycles. The van der Waals surface area contributed by atoms with E-state index in [9.17, 15) is 4.39 Å². The standard InChI is InChI=1S/C12H10FN5/c13-9-3-8(4-16-5-9)12(14)10-6-17-18-2-1-15-7-11(10)18/h1-7,12H,14H2. The van der Waals surface area contributed by atoms with Crippen molar-refractivity contribution >= 4 is 5.52 Å². The molecule has 0 aliphatic rings. The molecule has 2 N–H and O–H groups in total. The molecule has 18 heavy (non-hydrogen) atoms. The average molecular weight is 243 g/mol. The molecule has 6 heteroatoms. The number of halogens is 1. The van der Waals surface area contributed by atoms with E-state index in [1.54, 1.807) is 35.5 Å². The molecule has 0 aliphatic heterocycles. The summed E-state index contributed by atoms with van der Waals surface area (Å²) in [6.07, 6.45) is 9.40. The second-order valence-corrected chi connectivity index (χ2v) is 3.92. The molecule has 0 spiro atoms. The molecular weight excluding hydrogens is 233 g/mol. The first-order chi connectivity index (χ1) is 8.75. The van der Waals surface area contributed by atoms with Gasteiger partial charge in [-0.2, -0.15) is 5.10 Å². The van der Waals surface area contributed by atoms with Crippen molar-refractivity contribution in [2.45, 2.75) is 6.04 Å². The van der Waals surface area contributed by atoms with Gasteiger partial charge in [0.1, 0.15) is 5.82 Å². The Kier molecular flexibility index (Phi) is 2.49. The third-order valence-corrected chi connectivity index (χ3v) is 2.77. The molecule has 90 valence electrons. The lowest BCUT2D eigenvalue weighted by Crippen LogP contribution is -2.12. The van der Waals surface area contributed by atoms with E-state index < -0.39 is 11.9 Å². The summed E-state index contributed by atoms with van der Waals surface area (Å²) in [4.78, 5) is 7.83. The van der Waals surface area contributed by atoms with Crippen LogP contribution in [0.4, 0.5) is 4.39 Å². The maximum absolute atomic E-state index is 13.1. The number of nitrogens with zero attached hydrogens (tertiary/aromatic N) is 4. The first-order valence-electron chi connectivity index (χ1n) is 5.39. The van der Waals surface area contributed by atoms with Gasteiger partial charge in [-0.15, -0.1) is 0 Å². The third-order valence-electron chi connectivity index (χ3n) is 2.77. The van der Waals surface area contributed by atoms with Gasteiger partial charge >= 0.3 is 0 Å². The van der Waals surface area contributed by atoms with Gasteiger partial charge in [-0.3, -0.25) is 9.97 Å². The van der Waals surface area contributed by atoms with E-state index in [0.29, 0.717) is 5.56 Å². The monoisotopic (exact) mass is 243 g/mol. The first kappa shape index (κ1) is 10.8. The van der Waals surface area contributed by atoms with Crippen LogP contribution >= 0.6 is 0 Å². The highest BCUT2D eigenvalue weighted by Gasteiger charge is 2.15. The minimum Gasteiger partial charge on any atom is -0.320 e. The smallest absolute Gasteiger partial charge is 0.141 e. The van der Waals surface area contributed by atoms with Gasteiger partial charge in [-0.05, 0) is 11.6 Å². The average Bonchev–Trinajstić information content (AvgIpc) is 2.82. The molecule has 1 atom stereocenters.